The van der Waals surface area contributed by atoms with Crippen molar-refractivity contribution in [2.75, 3.05) is 19.6 Å². The number of hydrogen-bond acceptors (Lipinski definition) is 5. The number of ketones is 1. The van der Waals surface area contributed by atoms with E-state index in [2.05, 4.69) is 0 Å². The van der Waals surface area contributed by atoms with Crippen LogP contribution in [0.4, 0.5) is 0 Å². The summed E-state index contributed by atoms with van der Waals surface area (Å²) in [6.45, 7) is 3.19. The number of benzene rings is 1. The molecule has 156 valence electrons. The van der Waals surface area contributed by atoms with Crippen molar-refractivity contribution in [3.63, 3.8) is 0 Å². The van der Waals surface area contributed by atoms with Crippen molar-refractivity contribution in [2.45, 2.75) is 63.2 Å². The van der Waals surface area contributed by atoms with E-state index in [1.807, 2.05) is 12.1 Å². The van der Waals surface area contributed by atoms with Gasteiger partial charge in [-0.25, -0.2) is 0 Å². The number of piperidine rings is 1. The van der Waals surface area contributed by atoms with Crippen molar-refractivity contribution in [2.24, 2.45) is 0 Å². The standard InChI is InChI=1S/C22H28N2O5/c1-15(21(28)23-11-7-16(25)8-12-23)24-13-10-22(9-6-20(24)27)14-18(26)17-4-2-3-5-19(17)29-22/h2-5,15-16,25H,6-14H2,1H3/t15-,22+/m1/s1. The molecule has 1 aromatic carbocycles. The molecule has 1 N–H and O–H groups in total. The number of aliphatic hydroxyl groups excluding tert-OH is 1. The third-order valence-corrected chi connectivity index (χ3v) is 6.52. The van der Waals surface area contributed by atoms with Crippen LogP contribution in [0.25, 0.3) is 0 Å². The van der Waals surface area contributed by atoms with Crippen LogP contribution < -0.4 is 4.74 Å². The maximum absolute atomic E-state index is 12.9. The number of carbonyl (C=O) groups excluding carboxylic acids is 3. The number of ether oxygens (including phenoxy) is 1. The molecular weight excluding hydrogens is 372 g/mol. The predicted octanol–water partition coefficient (Wildman–Crippen LogP) is 1.77. The van der Waals surface area contributed by atoms with E-state index in [1.165, 1.54) is 0 Å². The van der Waals surface area contributed by atoms with Crippen molar-refractivity contribution in [3.8, 4) is 5.75 Å². The van der Waals surface area contributed by atoms with Crippen LogP contribution in [0.3, 0.4) is 0 Å². The van der Waals surface area contributed by atoms with Crippen LogP contribution in [-0.2, 0) is 9.59 Å². The summed E-state index contributed by atoms with van der Waals surface area (Å²) in [5.74, 6) is 0.478. The van der Waals surface area contributed by atoms with Gasteiger partial charge in [0.25, 0.3) is 0 Å². The van der Waals surface area contributed by atoms with E-state index in [0.29, 0.717) is 56.6 Å². The van der Waals surface area contributed by atoms with E-state index in [0.717, 1.165) is 0 Å². The van der Waals surface area contributed by atoms with Gasteiger partial charge in [0, 0.05) is 32.5 Å². The summed E-state index contributed by atoms with van der Waals surface area (Å²) in [4.78, 5) is 41.8. The van der Waals surface area contributed by atoms with Crippen molar-refractivity contribution < 1.29 is 24.2 Å². The van der Waals surface area contributed by atoms with E-state index in [-0.39, 0.29) is 36.5 Å². The van der Waals surface area contributed by atoms with Gasteiger partial charge in [0.1, 0.15) is 17.4 Å². The highest BCUT2D eigenvalue weighted by molar-refractivity contribution is 6.00. The minimum Gasteiger partial charge on any atom is -0.486 e. The SMILES string of the molecule is C[C@H](C(=O)N1CCC(O)CC1)N1CC[C@@]2(CCC1=O)CC(=O)c1ccccc1O2. The van der Waals surface area contributed by atoms with Gasteiger partial charge < -0.3 is 19.6 Å². The summed E-state index contributed by atoms with van der Waals surface area (Å²) >= 11 is 0. The van der Waals surface area contributed by atoms with Crippen LogP contribution >= 0.6 is 0 Å². The Labute approximate surface area is 170 Å². The van der Waals surface area contributed by atoms with Gasteiger partial charge in [-0.1, -0.05) is 12.1 Å². The summed E-state index contributed by atoms with van der Waals surface area (Å²) in [6.07, 6.45) is 2.31. The molecule has 3 aliphatic rings. The molecule has 0 bridgehead atoms. The molecule has 4 rings (SSSR count). The molecule has 1 spiro atoms. The molecule has 2 amide bonds. The number of para-hydroxylation sites is 1. The van der Waals surface area contributed by atoms with Crippen LogP contribution in [0.2, 0.25) is 0 Å². The Morgan fingerprint density at radius 2 is 1.90 bits per heavy atom. The van der Waals surface area contributed by atoms with E-state index < -0.39 is 11.6 Å². The lowest BCUT2D eigenvalue weighted by atomic mass is 9.84. The first-order valence-corrected chi connectivity index (χ1v) is 10.5. The zero-order chi connectivity index (χ0) is 20.6. The third-order valence-electron chi connectivity index (χ3n) is 6.52. The van der Waals surface area contributed by atoms with Gasteiger partial charge in [-0.2, -0.15) is 0 Å². The van der Waals surface area contributed by atoms with Crippen LogP contribution in [0, 0.1) is 0 Å². The number of amides is 2. The van der Waals surface area contributed by atoms with Crippen molar-refractivity contribution >= 4 is 17.6 Å². The summed E-state index contributed by atoms with van der Waals surface area (Å²) < 4.78 is 6.25. The molecular formula is C22H28N2O5. The van der Waals surface area contributed by atoms with Gasteiger partial charge in [-0.05, 0) is 38.3 Å². The number of aliphatic hydroxyl groups is 1. The molecule has 0 radical (unpaired) electrons. The summed E-state index contributed by atoms with van der Waals surface area (Å²) in [7, 11) is 0. The predicted molar refractivity (Wildman–Crippen MR) is 106 cm³/mol. The molecule has 0 aromatic heterocycles. The van der Waals surface area contributed by atoms with Crippen molar-refractivity contribution in [1.29, 1.82) is 0 Å². The molecule has 3 heterocycles. The van der Waals surface area contributed by atoms with Gasteiger partial charge in [-0.3, -0.25) is 14.4 Å². The van der Waals surface area contributed by atoms with Gasteiger partial charge in [0.05, 0.1) is 18.1 Å². The number of Topliss-reactive ketones (excluding diaryl/α,β-unsaturated/α-hetero) is 1. The van der Waals surface area contributed by atoms with Crippen molar-refractivity contribution in [1.82, 2.24) is 9.80 Å². The first-order valence-electron chi connectivity index (χ1n) is 10.5. The highest BCUT2D eigenvalue weighted by Gasteiger charge is 2.44. The van der Waals surface area contributed by atoms with E-state index in [4.69, 9.17) is 4.74 Å². The van der Waals surface area contributed by atoms with Crippen LogP contribution in [-0.4, -0.2) is 69.9 Å². The zero-order valence-corrected chi connectivity index (χ0v) is 16.8. The fraction of sp³-hybridized carbons (Fsp3) is 0.591. The summed E-state index contributed by atoms with van der Waals surface area (Å²) in [5.41, 5.74) is -0.0882. The average molecular weight is 400 g/mol. The van der Waals surface area contributed by atoms with Gasteiger partial charge in [-0.15, -0.1) is 0 Å². The fourth-order valence-corrected chi connectivity index (χ4v) is 4.67. The van der Waals surface area contributed by atoms with Crippen molar-refractivity contribution in [3.05, 3.63) is 29.8 Å². The lowest BCUT2D eigenvalue weighted by Crippen LogP contribution is -2.52. The number of rotatable bonds is 2. The molecule has 3 aliphatic heterocycles. The molecule has 7 heteroatoms. The van der Waals surface area contributed by atoms with E-state index in [1.54, 1.807) is 28.9 Å². The Morgan fingerprint density at radius 1 is 1.17 bits per heavy atom. The second-order valence-electron chi connectivity index (χ2n) is 8.45. The monoisotopic (exact) mass is 400 g/mol. The molecule has 0 unspecified atom stereocenters. The zero-order valence-electron chi connectivity index (χ0n) is 16.8. The molecule has 0 aliphatic carbocycles. The Hall–Kier alpha value is -2.41. The Bertz CT molecular complexity index is 817. The summed E-state index contributed by atoms with van der Waals surface area (Å²) in [6, 6.07) is 6.68. The highest BCUT2D eigenvalue weighted by atomic mass is 16.5. The lowest BCUT2D eigenvalue weighted by molar-refractivity contribution is -0.146. The first kappa shape index (κ1) is 19.9. The minimum absolute atomic E-state index is 0.0451. The molecule has 7 nitrogen and oxygen atoms in total. The number of nitrogens with zero attached hydrogens (tertiary/aromatic N) is 2. The second-order valence-corrected chi connectivity index (χ2v) is 8.45. The maximum atomic E-state index is 12.9. The molecule has 29 heavy (non-hydrogen) atoms. The van der Waals surface area contributed by atoms with Crippen LogP contribution in [0.5, 0.6) is 5.75 Å². The van der Waals surface area contributed by atoms with Gasteiger partial charge >= 0.3 is 0 Å². The largest absolute Gasteiger partial charge is 0.486 e. The van der Waals surface area contributed by atoms with Crippen LogP contribution in [0.1, 0.15) is 55.8 Å². The third kappa shape index (κ3) is 3.88. The number of hydrogen-bond donors (Lipinski definition) is 1. The number of fused-ring (bicyclic) bond motifs is 1. The first-order chi connectivity index (χ1) is 13.9. The summed E-state index contributed by atoms with van der Waals surface area (Å²) in [5, 5.41) is 9.66. The average Bonchev–Trinajstić information content (AvgIpc) is 2.87. The molecule has 2 saturated heterocycles. The molecule has 2 fully saturated rings. The Kier molecular flexibility index (Phi) is 5.34. The molecule has 1 aromatic rings. The maximum Gasteiger partial charge on any atom is 0.245 e. The number of carbonyl (C=O) groups is 3. The smallest absolute Gasteiger partial charge is 0.245 e. The normalized spacial score (nSPS) is 26.7. The second kappa shape index (κ2) is 7.78. The molecule has 0 saturated carbocycles. The van der Waals surface area contributed by atoms with Gasteiger partial charge in [0.2, 0.25) is 11.8 Å². The number of likely N-dealkylation sites (tertiary alicyclic amines) is 2. The van der Waals surface area contributed by atoms with Gasteiger partial charge in [0.15, 0.2) is 5.78 Å². The highest BCUT2D eigenvalue weighted by Crippen LogP contribution is 2.39. The quantitative estimate of drug-likeness (QED) is 0.818. The topological polar surface area (TPSA) is 87.2 Å². The lowest BCUT2D eigenvalue weighted by Gasteiger charge is -2.38. The fourth-order valence-electron chi connectivity index (χ4n) is 4.67. The van der Waals surface area contributed by atoms with E-state index in [9.17, 15) is 19.5 Å². The minimum atomic E-state index is -0.687. The Morgan fingerprint density at radius 3 is 2.66 bits per heavy atom. The van der Waals surface area contributed by atoms with Crippen LogP contribution in [0.15, 0.2) is 24.3 Å². The Balaban J connectivity index is 1.47. The van der Waals surface area contributed by atoms with E-state index >= 15 is 0 Å². The molecule has 2 atom stereocenters.